The third-order valence-electron chi connectivity index (χ3n) is 2.81. The molecule has 1 heterocycles. The van der Waals surface area contributed by atoms with Crippen LogP contribution in [-0.2, 0) is 6.61 Å². The van der Waals surface area contributed by atoms with Gasteiger partial charge in [-0.1, -0.05) is 18.2 Å². The Hall–Kier alpha value is -2.49. The topological polar surface area (TPSA) is 61.3 Å². The van der Waals surface area contributed by atoms with Crippen LogP contribution in [0.15, 0.2) is 46.9 Å². The Morgan fingerprint density at radius 2 is 2.00 bits per heavy atom. The molecule has 0 aliphatic carbocycles. The van der Waals surface area contributed by atoms with Crippen LogP contribution in [0, 0.1) is 6.92 Å². The van der Waals surface area contributed by atoms with Crippen molar-refractivity contribution in [1.82, 2.24) is 4.98 Å². The molecule has 0 fully saturated rings. The van der Waals surface area contributed by atoms with Crippen LogP contribution in [0.3, 0.4) is 0 Å². The molecule has 2 aromatic carbocycles. The van der Waals surface area contributed by atoms with E-state index in [4.69, 9.17) is 14.9 Å². The van der Waals surface area contributed by atoms with Gasteiger partial charge in [-0.2, -0.15) is 0 Å². The number of benzene rings is 2. The van der Waals surface area contributed by atoms with Crippen LogP contribution in [-0.4, -0.2) is 4.98 Å². The van der Waals surface area contributed by atoms with Gasteiger partial charge in [0.1, 0.15) is 11.3 Å². The van der Waals surface area contributed by atoms with E-state index in [0.717, 1.165) is 16.8 Å². The van der Waals surface area contributed by atoms with Crippen molar-refractivity contribution in [3.63, 3.8) is 0 Å². The minimum atomic E-state index is 0.289. The molecule has 0 amide bonds. The van der Waals surface area contributed by atoms with E-state index in [1.165, 1.54) is 0 Å². The molecule has 0 aliphatic heterocycles. The summed E-state index contributed by atoms with van der Waals surface area (Å²) in [4.78, 5) is 4.38. The van der Waals surface area contributed by atoms with Crippen molar-refractivity contribution >= 4 is 16.8 Å². The van der Waals surface area contributed by atoms with Gasteiger partial charge < -0.3 is 14.9 Å². The van der Waals surface area contributed by atoms with E-state index in [1.54, 1.807) is 0 Å². The highest BCUT2D eigenvalue weighted by Gasteiger charge is 2.09. The van der Waals surface area contributed by atoms with E-state index >= 15 is 0 Å². The molecular formula is C15H14N2O2. The van der Waals surface area contributed by atoms with Crippen LogP contribution in [0.4, 0.5) is 5.69 Å². The molecule has 4 heteroatoms. The van der Waals surface area contributed by atoms with Crippen LogP contribution < -0.4 is 10.5 Å². The molecule has 0 spiro atoms. The van der Waals surface area contributed by atoms with Gasteiger partial charge in [-0.3, -0.25) is 0 Å². The highest BCUT2D eigenvalue weighted by atomic mass is 16.5. The number of oxazole rings is 1. The van der Waals surface area contributed by atoms with Crippen molar-refractivity contribution in [3.05, 3.63) is 53.9 Å². The first-order chi connectivity index (χ1) is 9.22. The van der Waals surface area contributed by atoms with Crippen molar-refractivity contribution < 1.29 is 9.15 Å². The smallest absolute Gasteiger partial charge is 0.233 e. The van der Waals surface area contributed by atoms with Gasteiger partial charge in [0.25, 0.3) is 0 Å². The van der Waals surface area contributed by atoms with Gasteiger partial charge in [-0.05, 0) is 36.8 Å². The second-order valence-corrected chi connectivity index (χ2v) is 4.41. The summed E-state index contributed by atoms with van der Waals surface area (Å²) >= 11 is 0. The van der Waals surface area contributed by atoms with E-state index < -0.39 is 0 Å². The Balaban J connectivity index is 1.84. The first-order valence-electron chi connectivity index (χ1n) is 6.06. The van der Waals surface area contributed by atoms with Crippen molar-refractivity contribution in [1.29, 1.82) is 0 Å². The van der Waals surface area contributed by atoms with Crippen molar-refractivity contribution in [2.45, 2.75) is 13.5 Å². The number of nitrogens with two attached hydrogens (primary N) is 1. The standard InChI is InChI=1S/C15H14N2O2/c1-10-7-12(16)15-13(8-10)17-14(19-15)9-18-11-5-3-2-4-6-11/h2-8H,9,16H2,1H3. The molecular weight excluding hydrogens is 240 g/mol. The fourth-order valence-electron chi connectivity index (χ4n) is 1.97. The first-order valence-corrected chi connectivity index (χ1v) is 6.06. The minimum Gasteiger partial charge on any atom is -0.484 e. The van der Waals surface area contributed by atoms with Gasteiger partial charge in [0.2, 0.25) is 5.89 Å². The lowest BCUT2D eigenvalue weighted by Crippen LogP contribution is -1.94. The zero-order valence-corrected chi connectivity index (χ0v) is 10.6. The van der Waals surface area contributed by atoms with Crippen LogP contribution in [0.25, 0.3) is 11.1 Å². The Bertz CT molecular complexity index is 705. The lowest BCUT2D eigenvalue weighted by molar-refractivity contribution is 0.267. The predicted molar refractivity (Wildman–Crippen MR) is 73.9 cm³/mol. The number of aryl methyl sites for hydroxylation is 1. The van der Waals surface area contributed by atoms with Gasteiger partial charge in [-0.25, -0.2) is 4.98 Å². The fraction of sp³-hybridized carbons (Fsp3) is 0.133. The molecule has 19 heavy (non-hydrogen) atoms. The van der Waals surface area contributed by atoms with Gasteiger partial charge in [-0.15, -0.1) is 0 Å². The van der Waals surface area contributed by atoms with E-state index in [0.29, 0.717) is 17.2 Å². The number of ether oxygens (including phenoxy) is 1. The van der Waals surface area contributed by atoms with E-state index in [9.17, 15) is 0 Å². The quantitative estimate of drug-likeness (QED) is 0.728. The van der Waals surface area contributed by atoms with Crippen molar-refractivity contribution in [2.24, 2.45) is 0 Å². The lowest BCUT2D eigenvalue weighted by Gasteiger charge is -2.01. The van der Waals surface area contributed by atoms with Gasteiger partial charge in [0, 0.05) is 0 Å². The second-order valence-electron chi connectivity index (χ2n) is 4.41. The molecule has 96 valence electrons. The normalized spacial score (nSPS) is 10.8. The van der Waals surface area contributed by atoms with Gasteiger partial charge in [0.15, 0.2) is 12.2 Å². The molecule has 0 bridgehead atoms. The Morgan fingerprint density at radius 3 is 2.79 bits per heavy atom. The summed E-state index contributed by atoms with van der Waals surface area (Å²) in [6, 6.07) is 13.4. The number of rotatable bonds is 3. The number of para-hydroxylation sites is 1. The lowest BCUT2D eigenvalue weighted by atomic mass is 10.2. The Labute approximate surface area is 110 Å². The average molecular weight is 254 g/mol. The minimum absolute atomic E-state index is 0.289. The number of aromatic nitrogens is 1. The van der Waals surface area contributed by atoms with E-state index in [2.05, 4.69) is 4.98 Å². The first kappa shape index (κ1) is 11.6. The molecule has 2 N–H and O–H groups in total. The third-order valence-corrected chi connectivity index (χ3v) is 2.81. The predicted octanol–water partition coefficient (Wildman–Crippen LogP) is 3.30. The van der Waals surface area contributed by atoms with E-state index in [-0.39, 0.29) is 6.61 Å². The second kappa shape index (κ2) is 4.65. The molecule has 0 saturated heterocycles. The molecule has 0 unspecified atom stereocenters. The summed E-state index contributed by atoms with van der Waals surface area (Å²) in [5.74, 6) is 1.31. The molecule has 0 aliphatic rings. The summed E-state index contributed by atoms with van der Waals surface area (Å²) in [6.07, 6.45) is 0. The van der Waals surface area contributed by atoms with Crippen LogP contribution in [0.2, 0.25) is 0 Å². The number of fused-ring (bicyclic) bond motifs is 1. The van der Waals surface area contributed by atoms with Gasteiger partial charge >= 0.3 is 0 Å². The highest BCUT2D eigenvalue weighted by molar-refractivity contribution is 5.85. The van der Waals surface area contributed by atoms with E-state index in [1.807, 2.05) is 49.4 Å². The highest BCUT2D eigenvalue weighted by Crippen LogP contribution is 2.24. The van der Waals surface area contributed by atoms with Crippen molar-refractivity contribution in [3.8, 4) is 5.75 Å². The summed E-state index contributed by atoms with van der Waals surface area (Å²) < 4.78 is 11.2. The maximum atomic E-state index is 5.90. The maximum Gasteiger partial charge on any atom is 0.233 e. The molecule has 3 rings (SSSR count). The monoisotopic (exact) mass is 254 g/mol. The summed E-state index contributed by atoms with van der Waals surface area (Å²) in [5.41, 5.74) is 8.96. The number of hydrogen-bond donors (Lipinski definition) is 1. The maximum absolute atomic E-state index is 5.90. The summed E-state index contributed by atoms with van der Waals surface area (Å²) in [7, 11) is 0. The van der Waals surface area contributed by atoms with Crippen LogP contribution in [0.5, 0.6) is 5.75 Å². The largest absolute Gasteiger partial charge is 0.484 e. The Morgan fingerprint density at radius 1 is 1.21 bits per heavy atom. The van der Waals surface area contributed by atoms with Crippen molar-refractivity contribution in [2.75, 3.05) is 5.73 Å². The molecule has 3 aromatic rings. The Kier molecular flexibility index (Phi) is 2.83. The molecule has 0 saturated carbocycles. The molecule has 1 aromatic heterocycles. The fourth-order valence-corrected chi connectivity index (χ4v) is 1.97. The van der Waals surface area contributed by atoms with Crippen LogP contribution in [0.1, 0.15) is 11.5 Å². The zero-order valence-electron chi connectivity index (χ0n) is 10.6. The van der Waals surface area contributed by atoms with Gasteiger partial charge in [0.05, 0.1) is 5.69 Å². The number of nitrogen functional groups attached to an aromatic ring is 1. The summed E-state index contributed by atoms with van der Waals surface area (Å²) in [6.45, 7) is 2.27. The SMILES string of the molecule is Cc1cc(N)c2oc(COc3ccccc3)nc2c1. The van der Waals surface area contributed by atoms with Crippen LogP contribution >= 0.6 is 0 Å². The molecule has 4 nitrogen and oxygen atoms in total. The number of hydrogen-bond acceptors (Lipinski definition) is 4. The summed E-state index contributed by atoms with van der Waals surface area (Å²) in [5, 5.41) is 0. The molecule has 0 atom stereocenters. The zero-order chi connectivity index (χ0) is 13.2. The average Bonchev–Trinajstić information content (AvgIpc) is 2.81. The molecule has 0 radical (unpaired) electrons. The third kappa shape index (κ3) is 2.38. The number of anilines is 1. The number of nitrogens with zero attached hydrogens (tertiary/aromatic N) is 1.